The third-order valence-corrected chi connectivity index (χ3v) is 7.64. The average molecular weight is 423 g/mol. The maximum Gasteiger partial charge on any atom is 0.274 e. The number of hydrogen-bond donors (Lipinski definition) is 3. The van der Waals surface area contributed by atoms with E-state index in [0.29, 0.717) is 17.5 Å². The Morgan fingerprint density at radius 3 is 2.65 bits per heavy atom. The summed E-state index contributed by atoms with van der Waals surface area (Å²) in [5.41, 5.74) is 2.48. The van der Waals surface area contributed by atoms with E-state index in [1.165, 1.54) is 38.9 Å². The lowest BCUT2D eigenvalue weighted by molar-refractivity contribution is -0.959. The minimum atomic E-state index is -0.139. The lowest BCUT2D eigenvalue weighted by Gasteiger charge is -2.44. The molecule has 1 aromatic carbocycles. The number of quaternary nitrogens is 2. The van der Waals surface area contributed by atoms with Crippen molar-refractivity contribution in [3.05, 3.63) is 64.1 Å². The number of amides is 1. The summed E-state index contributed by atoms with van der Waals surface area (Å²) in [6.45, 7) is 5.67. The van der Waals surface area contributed by atoms with E-state index in [1.54, 1.807) is 9.80 Å². The van der Waals surface area contributed by atoms with Gasteiger partial charge < -0.3 is 19.7 Å². The fraction of sp³-hybridized carbons (Fsp3) is 0.520. The number of hydrogen-bond acceptors (Lipinski definition) is 2. The highest BCUT2D eigenvalue weighted by molar-refractivity contribution is 5.92. The Bertz CT molecular complexity index is 994. The third kappa shape index (κ3) is 4.32. The first-order valence-electron chi connectivity index (χ1n) is 11.8. The van der Waals surface area contributed by atoms with Gasteiger partial charge in [0.25, 0.3) is 5.56 Å². The molecule has 3 aliphatic heterocycles. The predicted molar refractivity (Wildman–Crippen MR) is 121 cm³/mol. The van der Waals surface area contributed by atoms with Crippen molar-refractivity contribution >= 4 is 11.6 Å². The van der Waals surface area contributed by atoms with Crippen LogP contribution < -0.4 is 20.7 Å². The molecule has 3 aliphatic rings. The number of fused-ring (bicyclic) bond motifs is 4. The number of pyridine rings is 1. The topological polar surface area (TPSA) is 60.0 Å². The molecular formula is C25H34N4O2+2. The van der Waals surface area contributed by atoms with Crippen molar-refractivity contribution in [3.63, 3.8) is 0 Å². The highest BCUT2D eigenvalue weighted by atomic mass is 16.2. The summed E-state index contributed by atoms with van der Waals surface area (Å²) >= 11 is 0. The molecule has 0 aliphatic carbocycles. The second-order valence-electron chi connectivity index (χ2n) is 9.89. The summed E-state index contributed by atoms with van der Waals surface area (Å²) in [5.74, 6) is 0.873. The number of anilines is 1. The van der Waals surface area contributed by atoms with Crippen LogP contribution in [0.5, 0.6) is 0 Å². The first kappa shape index (κ1) is 20.5. The van der Waals surface area contributed by atoms with Crippen molar-refractivity contribution in [2.24, 2.45) is 5.92 Å². The largest absolute Gasteiger partial charge is 0.337 e. The molecule has 1 unspecified atom stereocenters. The van der Waals surface area contributed by atoms with Crippen LogP contribution in [0.1, 0.15) is 36.4 Å². The minimum Gasteiger partial charge on any atom is -0.337 e. The van der Waals surface area contributed by atoms with Gasteiger partial charge in [0, 0.05) is 36.9 Å². The van der Waals surface area contributed by atoms with Crippen molar-refractivity contribution in [1.82, 2.24) is 4.57 Å². The molecule has 1 aromatic heterocycles. The molecule has 3 N–H and O–H groups in total. The standard InChI is InChI=1S/C25H32N4O2/c1-27-11-9-21(10-12-27)28-15-19-13-20(17-28)23-8-7-22(25(31)29(23)16-19)26-24(30)14-18-5-3-2-4-6-18/h2-8,19-21H,9-17H2,1H3,(H,26,30)/p+2/t19-,20+/m0/s1. The van der Waals surface area contributed by atoms with Gasteiger partial charge in [-0.1, -0.05) is 30.3 Å². The molecule has 6 heteroatoms. The zero-order valence-electron chi connectivity index (χ0n) is 18.4. The number of nitrogens with zero attached hydrogens (tertiary/aromatic N) is 1. The number of carbonyl (C=O) groups is 1. The molecule has 2 aromatic rings. The first-order valence-corrected chi connectivity index (χ1v) is 11.8. The van der Waals surface area contributed by atoms with E-state index in [0.717, 1.165) is 30.4 Å². The Morgan fingerprint density at radius 2 is 1.87 bits per heavy atom. The molecule has 2 saturated heterocycles. The monoisotopic (exact) mass is 422 g/mol. The van der Waals surface area contributed by atoms with E-state index in [4.69, 9.17) is 0 Å². The van der Waals surface area contributed by atoms with Gasteiger partial charge in [-0.3, -0.25) is 9.59 Å². The number of piperidine rings is 2. The Kier molecular flexibility index (Phi) is 5.67. The van der Waals surface area contributed by atoms with Crippen molar-refractivity contribution in [2.75, 3.05) is 38.5 Å². The van der Waals surface area contributed by atoms with E-state index in [2.05, 4.69) is 18.4 Å². The third-order valence-electron chi connectivity index (χ3n) is 7.64. The van der Waals surface area contributed by atoms with Gasteiger partial charge in [0.1, 0.15) is 5.69 Å². The Hall–Kier alpha value is -2.44. The second-order valence-corrected chi connectivity index (χ2v) is 9.89. The Labute approximate surface area is 183 Å². The molecular weight excluding hydrogens is 388 g/mol. The number of nitrogens with one attached hydrogen (secondary N) is 3. The molecule has 3 atom stereocenters. The van der Waals surface area contributed by atoms with Crippen LogP contribution >= 0.6 is 0 Å². The number of likely N-dealkylation sites (tertiary alicyclic amines) is 2. The normalized spacial score (nSPS) is 29.8. The van der Waals surface area contributed by atoms with Gasteiger partial charge >= 0.3 is 0 Å². The van der Waals surface area contributed by atoms with Gasteiger partial charge in [-0.25, -0.2) is 0 Å². The van der Waals surface area contributed by atoms with Gasteiger partial charge in [-0.15, -0.1) is 0 Å². The number of carbonyl (C=O) groups excluding carboxylic acids is 1. The smallest absolute Gasteiger partial charge is 0.274 e. The van der Waals surface area contributed by atoms with E-state index in [1.807, 2.05) is 41.0 Å². The zero-order chi connectivity index (χ0) is 21.4. The summed E-state index contributed by atoms with van der Waals surface area (Å²) in [6.07, 6.45) is 4.12. The van der Waals surface area contributed by atoms with Crippen molar-refractivity contribution in [1.29, 1.82) is 0 Å². The van der Waals surface area contributed by atoms with Crippen LogP contribution in [0, 0.1) is 5.92 Å². The second kappa shape index (κ2) is 8.60. The SMILES string of the molecule is C[NH+]1CCC([NH+]2C[C@@H]3C[C@H](C2)c2ccc(NC(=O)Cc4ccccc4)c(=O)n2C3)CC1. The van der Waals surface area contributed by atoms with Crippen LogP contribution in [0.2, 0.25) is 0 Å². The van der Waals surface area contributed by atoms with Gasteiger partial charge in [-0.2, -0.15) is 0 Å². The van der Waals surface area contributed by atoms with Crippen LogP contribution in [0.25, 0.3) is 0 Å². The zero-order valence-corrected chi connectivity index (χ0v) is 18.4. The summed E-state index contributed by atoms with van der Waals surface area (Å²) in [4.78, 5) is 29.1. The van der Waals surface area contributed by atoms with Gasteiger partial charge in [0.15, 0.2) is 0 Å². The summed E-state index contributed by atoms with van der Waals surface area (Å²) in [7, 11) is 2.30. The molecule has 0 saturated carbocycles. The average Bonchev–Trinajstić information content (AvgIpc) is 2.77. The van der Waals surface area contributed by atoms with E-state index in [-0.39, 0.29) is 17.9 Å². The molecule has 5 rings (SSSR count). The highest BCUT2D eigenvalue weighted by Gasteiger charge is 2.41. The van der Waals surface area contributed by atoms with E-state index < -0.39 is 0 Å². The Morgan fingerprint density at radius 1 is 1.10 bits per heavy atom. The van der Waals surface area contributed by atoms with Crippen LogP contribution in [-0.4, -0.2) is 49.7 Å². The molecule has 2 bridgehead atoms. The quantitative estimate of drug-likeness (QED) is 0.634. The van der Waals surface area contributed by atoms with Crippen molar-refractivity contribution in [2.45, 2.75) is 44.2 Å². The number of rotatable bonds is 4. The fourth-order valence-electron chi connectivity index (χ4n) is 6.02. The lowest BCUT2D eigenvalue weighted by atomic mass is 9.82. The van der Waals surface area contributed by atoms with Crippen LogP contribution in [-0.2, 0) is 17.8 Å². The summed E-state index contributed by atoms with van der Waals surface area (Å²) in [5, 5.41) is 2.86. The molecule has 0 spiro atoms. The van der Waals surface area contributed by atoms with Gasteiger partial charge in [0.2, 0.25) is 5.91 Å². The summed E-state index contributed by atoms with van der Waals surface area (Å²) < 4.78 is 1.95. The van der Waals surface area contributed by atoms with E-state index >= 15 is 0 Å². The number of benzene rings is 1. The van der Waals surface area contributed by atoms with Crippen LogP contribution in [0.3, 0.4) is 0 Å². The highest BCUT2D eigenvalue weighted by Crippen LogP contribution is 2.31. The molecule has 4 heterocycles. The van der Waals surface area contributed by atoms with E-state index in [9.17, 15) is 9.59 Å². The van der Waals surface area contributed by atoms with Gasteiger partial charge in [0.05, 0.1) is 45.7 Å². The maximum absolute atomic E-state index is 13.2. The van der Waals surface area contributed by atoms with Crippen molar-refractivity contribution < 1.29 is 14.6 Å². The summed E-state index contributed by atoms with van der Waals surface area (Å²) in [6, 6.07) is 14.3. The maximum atomic E-state index is 13.2. The molecule has 6 nitrogen and oxygen atoms in total. The fourth-order valence-corrected chi connectivity index (χ4v) is 6.02. The van der Waals surface area contributed by atoms with Crippen molar-refractivity contribution in [3.8, 4) is 0 Å². The molecule has 1 amide bonds. The number of aromatic nitrogens is 1. The molecule has 31 heavy (non-hydrogen) atoms. The minimum absolute atomic E-state index is 0.0417. The first-order chi connectivity index (χ1) is 15.1. The predicted octanol–water partition coefficient (Wildman–Crippen LogP) is -0.291. The lowest BCUT2D eigenvalue weighted by Crippen LogP contribution is -3.21. The van der Waals surface area contributed by atoms with Crippen LogP contribution in [0.4, 0.5) is 5.69 Å². The van der Waals surface area contributed by atoms with Gasteiger partial charge in [-0.05, 0) is 24.1 Å². The molecule has 2 fully saturated rings. The molecule has 0 radical (unpaired) electrons. The molecule has 164 valence electrons. The Balaban J connectivity index is 1.30. The van der Waals surface area contributed by atoms with Crippen LogP contribution in [0.15, 0.2) is 47.3 Å².